The van der Waals surface area contributed by atoms with Crippen molar-refractivity contribution in [3.05, 3.63) is 0 Å². The number of nitrogens with zero attached hydrogens (tertiary/aromatic N) is 2. The monoisotopic (exact) mass is 210 g/mol. The maximum Gasteiger partial charge on any atom is 0.240 e. The van der Waals surface area contributed by atoms with Crippen LogP contribution in [-0.4, -0.2) is 35.1 Å². The fourth-order valence-electron chi connectivity index (χ4n) is 1.63. The van der Waals surface area contributed by atoms with Crippen LogP contribution in [0, 0.1) is 23.2 Å². The predicted molar refractivity (Wildman–Crippen MR) is 55.8 cm³/mol. The minimum Gasteiger partial charge on any atom is -0.395 e. The zero-order valence-corrected chi connectivity index (χ0v) is 9.31. The maximum absolute atomic E-state index is 12.0. The van der Waals surface area contributed by atoms with Crippen LogP contribution in [-0.2, 0) is 4.79 Å². The van der Waals surface area contributed by atoms with Crippen molar-refractivity contribution in [3.8, 4) is 6.07 Å². The highest BCUT2D eigenvalue weighted by molar-refractivity contribution is 5.82. The topological polar surface area (TPSA) is 64.3 Å². The molecule has 0 heterocycles. The zero-order chi connectivity index (χ0) is 11.4. The molecule has 1 N–H and O–H groups in total. The van der Waals surface area contributed by atoms with Gasteiger partial charge in [0.2, 0.25) is 5.91 Å². The van der Waals surface area contributed by atoms with E-state index in [1.807, 2.05) is 19.9 Å². The quantitative estimate of drug-likeness (QED) is 0.728. The first-order valence-corrected chi connectivity index (χ1v) is 5.42. The number of carbonyl (C=O) groups is 1. The predicted octanol–water partition coefficient (Wildman–Crippen LogP) is 0.765. The third-order valence-corrected chi connectivity index (χ3v) is 2.68. The van der Waals surface area contributed by atoms with E-state index in [1.54, 1.807) is 4.90 Å². The lowest BCUT2D eigenvalue weighted by molar-refractivity contribution is -0.136. The first-order valence-electron chi connectivity index (χ1n) is 5.42. The molecule has 0 saturated heterocycles. The van der Waals surface area contributed by atoms with Crippen molar-refractivity contribution in [2.75, 3.05) is 13.2 Å². The van der Waals surface area contributed by atoms with Crippen molar-refractivity contribution >= 4 is 5.91 Å². The smallest absolute Gasteiger partial charge is 0.240 e. The van der Waals surface area contributed by atoms with Crippen LogP contribution in [0.25, 0.3) is 0 Å². The highest BCUT2D eigenvalue weighted by Gasteiger charge is 2.36. The number of carbonyl (C=O) groups excluding carboxylic acids is 1. The molecular formula is C11H18N2O2. The third-order valence-electron chi connectivity index (χ3n) is 2.68. The molecule has 0 aliphatic heterocycles. The average molecular weight is 210 g/mol. The van der Waals surface area contributed by atoms with E-state index < -0.39 is 5.92 Å². The van der Waals surface area contributed by atoms with Gasteiger partial charge in [-0.2, -0.15) is 5.26 Å². The summed E-state index contributed by atoms with van der Waals surface area (Å²) in [7, 11) is 0. The van der Waals surface area contributed by atoms with Crippen LogP contribution < -0.4 is 0 Å². The minimum absolute atomic E-state index is 0.0293. The lowest BCUT2D eigenvalue weighted by atomic mass is 9.96. The molecule has 1 rings (SSSR count). The van der Waals surface area contributed by atoms with Gasteiger partial charge in [-0.3, -0.25) is 4.79 Å². The largest absolute Gasteiger partial charge is 0.395 e. The maximum atomic E-state index is 12.0. The van der Waals surface area contributed by atoms with Crippen molar-refractivity contribution < 1.29 is 9.90 Å². The van der Waals surface area contributed by atoms with E-state index in [4.69, 9.17) is 10.4 Å². The van der Waals surface area contributed by atoms with Crippen LogP contribution in [0.2, 0.25) is 0 Å². The van der Waals surface area contributed by atoms with Crippen LogP contribution in [0.5, 0.6) is 0 Å². The Morgan fingerprint density at radius 1 is 1.60 bits per heavy atom. The summed E-state index contributed by atoms with van der Waals surface area (Å²) in [5.74, 6) is -0.663. The van der Waals surface area contributed by atoms with Gasteiger partial charge in [0.25, 0.3) is 0 Å². The number of amides is 1. The summed E-state index contributed by atoms with van der Waals surface area (Å²) in [5, 5.41) is 17.8. The number of hydrogen-bond donors (Lipinski definition) is 1. The molecule has 1 unspecified atom stereocenters. The summed E-state index contributed by atoms with van der Waals surface area (Å²) < 4.78 is 0. The van der Waals surface area contributed by atoms with Gasteiger partial charge < -0.3 is 10.0 Å². The Morgan fingerprint density at radius 2 is 2.20 bits per heavy atom. The summed E-state index contributed by atoms with van der Waals surface area (Å²) >= 11 is 0. The molecule has 4 nitrogen and oxygen atoms in total. The van der Waals surface area contributed by atoms with Crippen molar-refractivity contribution in [2.24, 2.45) is 11.8 Å². The molecule has 1 amide bonds. The van der Waals surface area contributed by atoms with Crippen molar-refractivity contribution in [1.29, 1.82) is 5.26 Å². The first-order chi connectivity index (χ1) is 7.11. The van der Waals surface area contributed by atoms with E-state index in [9.17, 15) is 4.79 Å². The zero-order valence-electron chi connectivity index (χ0n) is 9.31. The average Bonchev–Trinajstić information content (AvgIpc) is 2.97. The SMILES string of the molecule is CC(C)C(C#N)C(=O)N(CCO)C1CC1. The molecule has 0 spiro atoms. The fourth-order valence-corrected chi connectivity index (χ4v) is 1.63. The Kier molecular flexibility index (Phi) is 4.10. The van der Waals surface area contributed by atoms with Gasteiger partial charge in [-0.15, -0.1) is 0 Å². The molecule has 0 aromatic heterocycles. The van der Waals surface area contributed by atoms with Gasteiger partial charge in [0, 0.05) is 12.6 Å². The summed E-state index contributed by atoms with van der Waals surface area (Å²) in [6.45, 7) is 4.07. The molecule has 15 heavy (non-hydrogen) atoms. The number of aliphatic hydroxyl groups is 1. The summed E-state index contributed by atoms with van der Waals surface area (Å²) in [6.07, 6.45) is 2.00. The van der Waals surface area contributed by atoms with Gasteiger partial charge in [0.15, 0.2) is 0 Å². The molecule has 0 bridgehead atoms. The van der Waals surface area contributed by atoms with Gasteiger partial charge in [-0.05, 0) is 18.8 Å². The van der Waals surface area contributed by atoms with Gasteiger partial charge >= 0.3 is 0 Å². The molecule has 0 aromatic carbocycles. The van der Waals surface area contributed by atoms with E-state index >= 15 is 0 Å². The summed E-state index contributed by atoms with van der Waals surface area (Å²) in [6, 6.07) is 2.31. The van der Waals surface area contributed by atoms with E-state index in [0.29, 0.717) is 6.54 Å². The van der Waals surface area contributed by atoms with Crippen LogP contribution in [0.3, 0.4) is 0 Å². The molecule has 84 valence electrons. The summed E-state index contributed by atoms with van der Waals surface area (Å²) in [4.78, 5) is 13.6. The molecule has 1 aliphatic carbocycles. The number of aliphatic hydroxyl groups excluding tert-OH is 1. The molecule has 0 aromatic rings. The molecule has 1 saturated carbocycles. The molecule has 1 fully saturated rings. The Bertz CT molecular complexity index is 266. The Labute approximate surface area is 90.5 Å². The lowest BCUT2D eigenvalue weighted by Crippen LogP contribution is -2.40. The Balaban J connectivity index is 2.66. The van der Waals surface area contributed by atoms with Crippen molar-refractivity contribution in [1.82, 2.24) is 4.90 Å². The minimum atomic E-state index is -0.572. The third kappa shape index (κ3) is 2.93. The number of nitriles is 1. The van der Waals surface area contributed by atoms with Crippen LogP contribution in [0.4, 0.5) is 0 Å². The Morgan fingerprint density at radius 3 is 2.53 bits per heavy atom. The van der Waals surface area contributed by atoms with E-state index in [1.165, 1.54) is 0 Å². The Hall–Kier alpha value is -1.08. The second-order valence-corrected chi connectivity index (χ2v) is 4.34. The number of rotatable bonds is 5. The van der Waals surface area contributed by atoms with Crippen LogP contribution >= 0.6 is 0 Å². The van der Waals surface area contributed by atoms with E-state index in [0.717, 1.165) is 12.8 Å². The van der Waals surface area contributed by atoms with Crippen LogP contribution in [0.15, 0.2) is 0 Å². The highest BCUT2D eigenvalue weighted by atomic mass is 16.3. The molecule has 4 heteroatoms. The first kappa shape index (κ1) is 12.0. The van der Waals surface area contributed by atoms with Crippen LogP contribution in [0.1, 0.15) is 26.7 Å². The van der Waals surface area contributed by atoms with Gasteiger partial charge in [-0.1, -0.05) is 13.8 Å². The van der Waals surface area contributed by atoms with Crippen molar-refractivity contribution in [2.45, 2.75) is 32.7 Å². The van der Waals surface area contributed by atoms with E-state index in [-0.39, 0.29) is 24.5 Å². The van der Waals surface area contributed by atoms with E-state index in [2.05, 4.69) is 0 Å². The van der Waals surface area contributed by atoms with Crippen molar-refractivity contribution in [3.63, 3.8) is 0 Å². The second-order valence-electron chi connectivity index (χ2n) is 4.34. The molecule has 0 radical (unpaired) electrons. The standard InChI is InChI=1S/C11H18N2O2/c1-8(2)10(7-12)11(15)13(5-6-14)9-3-4-9/h8-10,14H,3-6H2,1-2H3. The lowest BCUT2D eigenvalue weighted by Gasteiger charge is -2.25. The molecule has 1 atom stereocenters. The normalized spacial score (nSPS) is 17.3. The van der Waals surface area contributed by atoms with Gasteiger partial charge in [0.1, 0.15) is 5.92 Å². The second kappa shape index (κ2) is 5.13. The number of hydrogen-bond acceptors (Lipinski definition) is 3. The highest BCUT2D eigenvalue weighted by Crippen LogP contribution is 2.28. The summed E-state index contributed by atoms with van der Waals surface area (Å²) in [5.41, 5.74) is 0. The fraction of sp³-hybridized carbons (Fsp3) is 0.818. The molecular weight excluding hydrogens is 192 g/mol. The van der Waals surface area contributed by atoms with Gasteiger partial charge in [-0.25, -0.2) is 0 Å². The van der Waals surface area contributed by atoms with Gasteiger partial charge in [0.05, 0.1) is 12.7 Å². The molecule has 1 aliphatic rings.